The van der Waals surface area contributed by atoms with Gasteiger partial charge >= 0.3 is 5.97 Å². The van der Waals surface area contributed by atoms with Crippen LogP contribution in [0.5, 0.6) is 0 Å². The van der Waals surface area contributed by atoms with E-state index in [0.29, 0.717) is 16.2 Å². The van der Waals surface area contributed by atoms with Gasteiger partial charge in [-0.3, -0.25) is 4.99 Å². The summed E-state index contributed by atoms with van der Waals surface area (Å²) in [7, 11) is 0. The van der Waals surface area contributed by atoms with Crippen molar-refractivity contribution >= 4 is 40.4 Å². The second-order valence-electron chi connectivity index (χ2n) is 4.51. The van der Waals surface area contributed by atoms with Gasteiger partial charge < -0.3 is 10.1 Å². The smallest absolute Gasteiger partial charge is 0.354 e. The van der Waals surface area contributed by atoms with Gasteiger partial charge in [0.15, 0.2) is 5.69 Å². The van der Waals surface area contributed by atoms with E-state index in [0.717, 1.165) is 10.9 Å². The summed E-state index contributed by atoms with van der Waals surface area (Å²) in [5, 5.41) is 10.6. The van der Waals surface area contributed by atoms with E-state index in [2.05, 4.69) is 9.98 Å². The Hall–Kier alpha value is -2.59. The number of carbonyl (C=O) groups is 1. The molecule has 0 atom stereocenters. The zero-order valence-electron chi connectivity index (χ0n) is 10.9. The topological polar surface area (TPSA) is 65.4 Å². The SMILES string of the molecule is O=C(O)c1[nH]c2cc(Cl)ccc2c1N=Cc1ccccc1. The Kier molecular flexibility index (Phi) is 3.46. The highest BCUT2D eigenvalue weighted by Crippen LogP contribution is 2.32. The number of carboxylic acids is 1. The number of aromatic amines is 1. The molecule has 0 saturated heterocycles. The lowest BCUT2D eigenvalue weighted by Crippen LogP contribution is -1.96. The van der Waals surface area contributed by atoms with E-state index >= 15 is 0 Å². The number of nitrogens with zero attached hydrogens (tertiary/aromatic N) is 1. The lowest BCUT2D eigenvalue weighted by molar-refractivity contribution is 0.0692. The van der Waals surface area contributed by atoms with E-state index in [1.807, 2.05) is 30.3 Å². The number of fused-ring (bicyclic) bond motifs is 1. The van der Waals surface area contributed by atoms with Crippen LogP contribution in [0.2, 0.25) is 5.02 Å². The fourth-order valence-corrected chi connectivity index (χ4v) is 2.29. The molecule has 104 valence electrons. The summed E-state index contributed by atoms with van der Waals surface area (Å²) in [4.78, 5) is 18.5. The Balaban J connectivity index is 2.14. The number of hydrogen-bond donors (Lipinski definition) is 2. The van der Waals surface area contributed by atoms with E-state index in [4.69, 9.17) is 11.6 Å². The molecule has 0 amide bonds. The maximum Gasteiger partial charge on any atom is 0.354 e. The van der Waals surface area contributed by atoms with Crippen molar-refractivity contribution in [3.05, 3.63) is 64.8 Å². The predicted molar refractivity (Wildman–Crippen MR) is 84.0 cm³/mol. The quantitative estimate of drug-likeness (QED) is 0.709. The van der Waals surface area contributed by atoms with Gasteiger partial charge in [0.2, 0.25) is 0 Å². The van der Waals surface area contributed by atoms with E-state index < -0.39 is 5.97 Å². The van der Waals surface area contributed by atoms with Crippen LogP contribution in [0.1, 0.15) is 16.1 Å². The molecule has 2 aromatic carbocycles. The van der Waals surface area contributed by atoms with E-state index in [1.54, 1.807) is 24.4 Å². The van der Waals surface area contributed by atoms with E-state index in [-0.39, 0.29) is 5.69 Å². The number of hydrogen-bond acceptors (Lipinski definition) is 2. The van der Waals surface area contributed by atoms with Crippen molar-refractivity contribution in [2.75, 3.05) is 0 Å². The van der Waals surface area contributed by atoms with Gasteiger partial charge in [0.1, 0.15) is 5.69 Å². The average molecular weight is 299 g/mol. The molecule has 1 heterocycles. The molecular weight excluding hydrogens is 288 g/mol. The van der Waals surface area contributed by atoms with Crippen molar-refractivity contribution < 1.29 is 9.90 Å². The Morgan fingerprint density at radius 1 is 1.19 bits per heavy atom. The molecule has 0 aliphatic heterocycles. The predicted octanol–water partition coefficient (Wildman–Crippen LogP) is 4.27. The molecular formula is C16H11ClN2O2. The summed E-state index contributed by atoms with van der Waals surface area (Å²) in [6.45, 7) is 0. The zero-order valence-corrected chi connectivity index (χ0v) is 11.6. The van der Waals surface area contributed by atoms with Crippen LogP contribution < -0.4 is 0 Å². The van der Waals surface area contributed by atoms with E-state index in [9.17, 15) is 9.90 Å². The number of rotatable bonds is 3. The van der Waals surface area contributed by atoms with Crippen LogP contribution >= 0.6 is 11.6 Å². The standard InChI is InChI=1S/C16H11ClN2O2/c17-11-6-7-12-13(8-11)19-15(16(20)21)14(12)18-9-10-4-2-1-3-5-10/h1-9,19H,(H,20,21). The third-order valence-electron chi connectivity index (χ3n) is 3.09. The van der Waals surface area contributed by atoms with Gasteiger partial charge in [0.05, 0.1) is 0 Å². The van der Waals surface area contributed by atoms with Crippen molar-refractivity contribution in [3.63, 3.8) is 0 Å². The highest BCUT2D eigenvalue weighted by Gasteiger charge is 2.16. The minimum absolute atomic E-state index is 0.0550. The highest BCUT2D eigenvalue weighted by molar-refractivity contribution is 6.31. The molecule has 4 nitrogen and oxygen atoms in total. The second kappa shape index (κ2) is 5.42. The molecule has 0 unspecified atom stereocenters. The highest BCUT2D eigenvalue weighted by atomic mass is 35.5. The average Bonchev–Trinajstić information content (AvgIpc) is 2.84. The normalized spacial score (nSPS) is 11.3. The lowest BCUT2D eigenvalue weighted by Gasteiger charge is -1.95. The molecule has 0 aliphatic carbocycles. The van der Waals surface area contributed by atoms with Gasteiger partial charge in [-0.2, -0.15) is 0 Å². The Labute approximate surface area is 125 Å². The molecule has 0 radical (unpaired) electrons. The van der Waals surface area contributed by atoms with E-state index in [1.165, 1.54) is 0 Å². The number of H-pyrrole nitrogens is 1. The molecule has 3 rings (SSSR count). The van der Waals surface area contributed by atoms with Gasteiger partial charge in [-0.05, 0) is 23.8 Å². The summed E-state index contributed by atoms with van der Waals surface area (Å²) in [6, 6.07) is 14.7. The summed E-state index contributed by atoms with van der Waals surface area (Å²) in [5.74, 6) is -1.05. The number of aromatic nitrogens is 1. The Bertz CT molecular complexity index is 838. The largest absolute Gasteiger partial charge is 0.477 e. The first-order chi connectivity index (χ1) is 10.1. The number of aliphatic imine (C=N–C) groups is 1. The maximum absolute atomic E-state index is 11.3. The van der Waals surface area contributed by atoms with Crippen LogP contribution in [0.4, 0.5) is 5.69 Å². The molecule has 0 fully saturated rings. The maximum atomic E-state index is 11.3. The van der Waals surface area contributed by atoms with Crippen LogP contribution in [0.3, 0.4) is 0 Å². The molecule has 0 bridgehead atoms. The number of aromatic carboxylic acids is 1. The fraction of sp³-hybridized carbons (Fsp3) is 0. The summed E-state index contributed by atoms with van der Waals surface area (Å²) < 4.78 is 0. The zero-order chi connectivity index (χ0) is 14.8. The van der Waals surface area contributed by atoms with Gasteiger partial charge in [-0.25, -0.2) is 4.79 Å². The minimum atomic E-state index is -1.05. The Morgan fingerprint density at radius 3 is 2.67 bits per heavy atom. The van der Waals surface area contributed by atoms with Gasteiger partial charge in [-0.15, -0.1) is 0 Å². The summed E-state index contributed by atoms with van der Waals surface area (Å²) in [5.41, 5.74) is 2.01. The molecule has 21 heavy (non-hydrogen) atoms. The monoisotopic (exact) mass is 298 g/mol. The van der Waals surface area contributed by atoms with Crippen LogP contribution in [0.25, 0.3) is 10.9 Å². The van der Waals surface area contributed by atoms with Crippen LogP contribution in [-0.4, -0.2) is 22.3 Å². The van der Waals surface area contributed by atoms with Crippen molar-refractivity contribution in [3.8, 4) is 0 Å². The number of benzene rings is 2. The first-order valence-electron chi connectivity index (χ1n) is 6.29. The third-order valence-corrected chi connectivity index (χ3v) is 3.32. The third kappa shape index (κ3) is 2.66. The van der Waals surface area contributed by atoms with Gasteiger partial charge in [-0.1, -0.05) is 41.9 Å². The molecule has 0 spiro atoms. The molecule has 5 heteroatoms. The molecule has 0 saturated carbocycles. The molecule has 0 aliphatic rings. The molecule has 2 N–H and O–H groups in total. The molecule has 3 aromatic rings. The van der Waals surface area contributed by atoms with Crippen LogP contribution in [-0.2, 0) is 0 Å². The van der Waals surface area contributed by atoms with Crippen molar-refractivity contribution in [2.45, 2.75) is 0 Å². The van der Waals surface area contributed by atoms with Crippen molar-refractivity contribution in [2.24, 2.45) is 4.99 Å². The molecule has 1 aromatic heterocycles. The minimum Gasteiger partial charge on any atom is -0.477 e. The van der Waals surface area contributed by atoms with Crippen LogP contribution in [0.15, 0.2) is 53.5 Å². The summed E-state index contributed by atoms with van der Waals surface area (Å²) in [6.07, 6.45) is 1.64. The first kappa shape index (κ1) is 13.4. The van der Waals surface area contributed by atoms with Crippen LogP contribution in [0, 0.1) is 0 Å². The van der Waals surface area contributed by atoms with Gasteiger partial charge in [0.25, 0.3) is 0 Å². The van der Waals surface area contributed by atoms with Crippen molar-refractivity contribution in [1.29, 1.82) is 0 Å². The van der Waals surface area contributed by atoms with Gasteiger partial charge in [0, 0.05) is 22.1 Å². The summed E-state index contributed by atoms with van der Waals surface area (Å²) >= 11 is 5.93. The number of halogens is 1. The number of nitrogens with one attached hydrogen (secondary N) is 1. The van der Waals surface area contributed by atoms with Crippen molar-refractivity contribution in [1.82, 2.24) is 4.98 Å². The second-order valence-corrected chi connectivity index (χ2v) is 4.95. The Morgan fingerprint density at radius 2 is 1.95 bits per heavy atom. The lowest BCUT2D eigenvalue weighted by atomic mass is 10.2. The first-order valence-corrected chi connectivity index (χ1v) is 6.66. The number of carboxylic acid groups (broad SMARTS) is 1. The fourth-order valence-electron chi connectivity index (χ4n) is 2.12.